The summed E-state index contributed by atoms with van der Waals surface area (Å²) in [4.78, 5) is 1.89. The topological polar surface area (TPSA) is 32.7 Å². The first-order chi connectivity index (χ1) is 8.22. The van der Waals surface area contributed by atoms with Gasteiger partial charge in [-0.3, -0.25) is 4.90 Å². The Morgan fingerprint density at radius 1 is 1.41 bits per heavy atom. The Labute approximate surface area is 103 Å². The fourth-order valence-corrected chi connectivity index (χ4v) is 1.52. The van der Waals surface area contributed by atoms with Crippen LogP contribution in [0.25, 0.3) is 0 Å². The molecule has 0 radical (unpaired) electrons. The number of rotatable bonds is 7. The summed E-state index contributed by atoms with van der Waals surface area (Å²) < 4.78 is 5.43. The third-order valence-corrected chi connectivity index (χ3v) is 2.31. The van der Waals surface area contributed by atoms with E-state index < -0.39 is 6.10 Å². The van der Waals surface area contributed by atoms with Gasteiger partial charge in [0.15, 0.2) is 0 Å². The molecule has 1 unspecified atom stereocenters. The number of ether oxygens (including phenoxy) is 1. The van der Waals surface area contributed by atoms with Gasteiger partial charge >= 0.3 is 0 Å². The van der Waals surface area contributed by atoms with Gasteiger partial charge in [-0.1, -0.05) is 36.3 Å². The number of likely N-dealkylation sites (N-methyl/N-ethyl adjacent to an activating group) is 1. The average Bonchev–Trinajstić information content (AvgIpc) is 2.30. The molecule has 1 N–H and O–H groups in total. The highest BCUT2D eigenvalue weighted by molar-refractivity contribution is 5.13. The number of benzene rings is 1. The summed E-state index contributed by atoms with van der Waals surface area (Å²) in [5.74, 6) is 2.53. The van der Waals surface area contributed by atoms with Gasteiger partial charge in [-0.25, -0.2) is 0 Å². The predicted octanol–water partition coefficient (Wildman–Crippen LogP) is 1.13. The van der Waals surface area contributed by atoms with E-state index in [0.717, 1.165) is 5.56 Å². The molecule has 92 valence electrons. The van der Waals surface area contributed by atoms with Gasteiger partial charge in [0, 0.05) is 6.54 Å². The minimum absolute atomic E-state index is 0.323. The molecular formula is C14H19NO2. The van der Waals surface area contributed by atoms with E-state index in [1.54, 1.807) is 0 Å². The maximum absolute atomic E-state index is 9.69. The molecule has 1 aromatic carbocycles. The molecule has 3 heteroatoms. The Hall–Kier alpha value is -1.34. The highest BCUT2D eigenvalue weighted by Crippen LogP contribution is 2.01. The van der Waals surface area contributed by atoms with Gasteiger partial charge in [-0.2, -0.15) is 0 Å². The monoisotopic (exact) mass is 233 g/mol. The summed E-state index contributed by atoms with van der Waals surface area (Å²) in [6.07, 6.45) is 4.67. The molecule has 0 aromatic heterocycles. The minimum Gasteiger partial charge on any atom is -0.389 e. The van der Waals surface area contributed by atoms with Crippen LogP contribution >= 0.6 is 0 Å². The van der Waals surface area contributed by atoms with Crippen molar-refractivity contribution in [1.82, 2.24) is 4.90 Å². The number of hydrogen-bond donors (Lipinski definition) is 1. The molecule has 1 aromatic rings. The summed E-state index contributed by atoms with van der Waals surface area (Å²) >= 11 is 0. The third kappa shape index (κ3) is 6.08. The maximum atomic E-state index is 9.69. The molecular weight excluding hydrogens is 214 g/mol. The number of terminal acetylenes is 1. The Morgan fingerprint density at radius 2 is 2.12 bits per heavy atom. The van der Waals surface area contributed by atoms with Crippen molar-refractivity contribution in [3.05, 3.63) is 35.9 Å². The number of aliphatic hydroxyl groups is 1. The van der Waals surface area contributed by atoms with E-state index in [4.69, 9.17) is 11.2 Å². The molecule has 0 saturated heterocycles. The molecule has 3 nitrogen and oxygen atoms in total. The fraction of sp³-hybridized carbons (Fsp3) is 0.429. The second-order valence-electron chi connectivity index (χ2n) is 4.06. The van der Waals surface area contributed by atoms with Crippen LogP contribution in [0.3, 0.4) is 0 Å². The Balaban J connectivity index is 2.16. The molecule has 0 aliphatic rings. The number of aliphatic hydroxyl groups excluding tert-OH is 1. The van der Waals surface area contributed by atoms with E-state index in [-0.39, 0.29) is 0 Å². The molecule has 1 rings (SSSR count). The first kappa shape index (κ1) is 13.7. The second kappa shape index (κ2) is 7.86. The van der Waals surface area contributed by atoms with Crippen LogP contribution < -0.4 is 0 Å². The molecule has 1 atom stereocenters. The van der Waals surface area contributed by atoms with Crippen molar-refractivity contribution in [1.29, 1.82) is 0 Å². The molecule has 17 heavy (non-hydrogen) atoms. The normalized spacial score (nSPS) is 12.4. The molecule has 0 spiro atoms. The van der Waals surface area contributed by atoms with Crippen molar-refractivity contribution in [3.63, 3.8) is 0 Å². The first-order valence-electron chi connectivity index (χ1n) is 5.64. The van der Waals surface area contributed by atoms with E-state index in [0.29, 0.717) is 26.3 Å². The SMILES string of the molecule is C#CCN(C)CC(O)COCc1ccccc1. The zero-order valence-corrected chi connectivity index (χ0v) is 10.2. The highest BCUT2D eigenvalue weighted by Gasteiger charge is 2.07. The first-order valence-corrected chi connectivity index (χ1v) is 5.64. The molecule has 0 saturated carbocycles. The lowest BCUT2D eigenvalue weighted by molar-refractivity contribution is 0.0154. The lowest BCUT2D eigenvalue weighted by atomic mass is 10.2. The summed E-state index contributed by atoms with van der Waals surface area (Å²) in [5, 5.41) is 9.69. The van der Waals surface area contributed by atoms with Gasteiger partial charge in [0.2, 0.25) is 0 Å². The summed E-state index contributed by atoms with van der Waals surface area (Å²) in [7, 11) is 1.88. The van der Waals surface area contributed by atoms with Gasteiger partial charge in [-0.15, -0.1) is 6.42 Å². The fourth-order valence-electron chi connectivity index (χ4n) is 1.52. The van der Waals surface area contributed by atoms with Crippen LogP contribution in [0.15, 0.2) is 30.3 Å². The summed E-state index contributed by atoms with van der Waals surface area (Å²) in [6.45, 7) is 1.91. The van der Waals surface area contributed by atoms with Gasteiger partial charge in [0.25, 0.3) is 0 Å². The lowest BCUT2D eigenvalue weighted by Crippen LogP contribution is -2.32. The van der Waals surface area contributed by atoms with E-state index in [1.807, 2.05) is 42.3 Å². The molecule has 0 aliphatic heterocycles. The van der Waals surface area contributed by atoms with Crippen LogP contribution in [0.5, 0.6) is 0 Å². The van der Waals surface area contributed by atoms with Crippen LogP contribution in [0.4, 0.5) is 0 Å². The standard InChI is InChI=1S/C14H19NO2/c1-3-9-15(2)10-14(16)12-17-11-13-7-5-4-6-8-13/h1,4-8,14,16H,9-12H2,2H3. The van der Waals surface area contributed by atoms with Crippen LogP contribution in [0.1, 0.15) is 5.56 Å². The van der Waals surface area contributed by atoms with Crippen LogP contribution in [0, 0.1) is 12.3 Å². The molecule has 0 fully saturated rings. The zero-order valence-electron chi connectivity index (χ0n) is 10.2. The van der Waals surface area contributed by atoms with Crippen molar-refractivity contribution in [3.8, 4) is 12.3 Å². The van der Waals surface area contributed by atoms with Crippen molar-refractivity contribution < 1.29 is 9.84 Å². The number of nitrogens with zero attached hydrogens (tertiary/aromatic N) is 1. The van der Waals surface area contributed by atoms with Crippen LogP contribution in [-0.2, 0) is 11.3 Å². The summed E-state index contributed by atoms with van der Waals surface area (Å²) in [5.41, 5.74) is 1.11. The second-order valence-corrected chi connectivity index (χ2v) is 4.06. The molecule has 0 aliphatic carbocycles. The predicted molar refractivity (Wildman–Crippen MR) is 68.4 cm³/mol. The zero-order chi connectivity index (χ0) is 12.5. The van der Waals surface area contributed by atoms with E-state index in [2.05, 4.69) is 5.92 Å². The van der Waals surface area contributed by atoms with Crippen molar-refractivity contribution >= 4 is 0 Å². The van der Waals surface area contributed by atoms with E-state index >= 15 is 0 Å². The van der Waals surface area contributed by atoms with Crippen molar-refractivity contribution in [2.75, 3.05) is 26.7 Å². The van der Waals surface area contributed by atoms with Gasteiger partial charge in [0.1, 0.15) is 0 Å². The minimum atomic E-state index is -0.503. The van der Waals surface area contributed by atoms with E-state index in [9.17, 15) is 5.11 Å². The smallest absolute Gasteiger partial charge is 0.0900 e. The molecule has 0 amide bonds. The van der Waals surface area contributed by atoms with Crippen LogP contribution in [0.2, 0.25) is 0 Å². The van der Waals surface area contributed by atoms with Gasteiger partial charge < -0.3 is 9.84 Å². The van der Waals surface area contributed by atoms with Crippen molar-refractivity contribution in [2.24, 2.45) is 0 Å². The molecule has 0 heterocycles. The number of hydrogen-bond acceptors (Lipinski definition) is 3. The molecule has 0 bridgehead atoms. The van der Waals surface area contributed by atoms with Crippen LogP contribution in [-0.4, -0.2) is 42.9 Å². The van der Waals surface area contributed by atoms with E-state index in [1.165, 1.54) is 0 Å². The Bertz CT molecular complexity index is 345. The lowest BCUT2D eigenvalue weighted by Gasteiger charge is -2.18. The van der Waals surface area contributed by atoms with Crippen molar-refractivity contribution in [2.45, 2.75) is 12.7 Å². The average molecular weight is 233 g/mol. The highest BCUT2D eigenvalue weighted by atomic mass is 16.5. The summed E-state index contributed by atoms with van der Waals surface area (Å²) in [6, 6.07) is 9.90. The quantitative estimate of drug-likeness (QED) is 0.717. The Morgan fingerprint density at radius 3 is 2.76 bits per heavy atom. The van der Waals surface area contributed by atoms with Gasteiger partial charge in [0.05, 0.1) is 25.9 Å². The largest absolute Gasteiger partial charge is 0.389 e. The maximum Gasteiger partial charge on any atom is 0.0900 e. The Kier molecular flexibility index (Phi) is 6.34. The van der Waals surface area contributed by atoms with Gasteiger partial charge in [-0.05, 0) is 12.6 Å². The third-order valence-electron chi connectivity index (χ3n) is 2.31.